The van der Waals surface area contributed by atoms with E-state index in [-0.39, 0.29) is 11.4 Å². The molecule has 1 heterocycles. The molecule has 1 aromatic rings. The summed E-state index contributed by atoms with van der Waals surface area (Å²) in [5.41, 5.74) is 0.603. The third-order valence-corrected chi connectivity index (χ3v) is 1.96. The van der Waals surface area contributed by atoms with Crippen LogP contribution in [0.3, 0.4) is 0 Å². The monoisotopic (exact) mass is 204 g/mol. The molecule has 0 saturated carbocycles. The van der Waals surface area contributed by atoms with Gasteiger partial charge >= 0.3 is 6.03 Å². The van der Waals surface area contributed by atoms with Crippen molar-refractivity contribution in [2.24, 2.45) is 0 Å². The standard InChI is InChI=1S/C10H8N2O3/c13-8-4-2-1-3-6(8)5-7-9(14)12-10(15)11-7/h1-5,13H,(H2,11,12,14,15)/b7-5-. The number of hydrogen-bond donors (Lipinski definition) is 3. The Morgan fingerprint density at radius 2 is 1.87 bits per heavy atom. The smallest absolute Gasteiger partial charge is 0.326 e. The lowest BCUT2D eigenvalue weighted by molar-refractivity contribution is -0.115. The maximum absolute atomic E-state index is 11.2. The molecular weight excluding hydrogens is 196 g/mol. The number of phenolic OH excluding ortho intramolecular Hbond substituents is 1. The van der Waals surface area contributed by atoms with Gasteiger partial charge in [-0.1, -0.05) is 18.2 Å². The van der Waals surface area contributed by atoms with Crippen LogP contribution in [0.15, 0.2) is 30.0 Å². The Kier molecular flexibility index (Phi) is 2.13. The van der Waals surface area contributed by atoms with Crippen molar-refractivity contribution in [3.05, 3.63) is 35.5 Å². The van der Waals surface area contributed by atoms with Crippen LogP contribution < -0.4 is 10.6 Å². The van der Waals surface area contributed by atoms with Gasteiger partial charge in [-0.25, -0.2) is 4.79 Å². The summed E-state index contributed by atoms with van der Waals surface area (Å²) < 4.78 is 0. The number of para-hydroxylation sites is 1. The second-order valence-electron chi connectivity index (χ2n) is 3.03. The zero-order valence-corrected chi connectivity index (χ0v) is 7.65. The number of phenols is 1. The van der Waals surface area contributed by atoms with E-state index in [9.17, 15) is 14.7 Å². The first-order valence-electron chi connectivity index (χ1n) is 4.29. The van der Waals surface area contributed by atoms with Crippen molar-refractivity contribution in [2.45, 2.75) is 0 Å². The molecule has 76 valence electrons. The zero-order valence-electron chi connectivity index (χ0n) is 7.65. The van der Waals surface area contributed by atoms with Crippen LogP contribution in [0, 0.1) is 0 Å². The molecule has 1 fully saturated rings. The molecule has 0 bridgehead atoms. The summed E-state index contributed by atoms with van der Waals surface area (Å²) in [7, 11) is 0. The number of urea groups is 1. The summed E-state index contributed by atoms with van der Waals surface area (Å²) in [4.78, 5) is 21.9. The van der Waals surface area contributed by atoms with Gasteiger partial charge in [0.05, 0.1) is 0 Å². The summed E-state index contributed by atoms with van der Waals surface area (Å²) in [5.74, 6) is -0.442. The van der Waals surface area contributed by atoms with E-state index in [0.717, 1.165) is 0 Å². The van der Waals surface area contributed by atoms with Crippen LogP contribution >= 0.6 is 0 Å². The Morgan fingerprint density at radius 3 is 2.47 bits per heavy atom. The Bertz CT molecular complexity index is 465. The molecular formula is C10H8N2O3. The van der Waals surface area contributed by atoms with E-state index in [4.69, 9.17) is 0 Å². The molecule has 1 saturated heterocycles. The summed E-state index contributed by atoms with van der Waals surface area (Å²) in [6.07, 6.45) is 1.41. The van der Waals surface area contributed by atoms with Gasteiger partial charge in [0.25, 0.3) is 5.91 Å². The Hall–Kier alpha value is -2.30. The van der Waals surface area contributed by atoms with E-state index in [0.29, 0.717) is 5.56 Å². The topological polar surface area (TPSA) is 78.4 Å². The van der Waals surface area contributed by atoms with Crippen LogP contribution in [-0.4, -0.2) is 17.0 Å². The van der Waals surface area contributed by atoms with Crippen molar-refractivity contribution in [1.82, 2.24) is 10.6 Å². The SMILES string of the molecule is O=C1NC(=O)/C(=C/c2ccccc2O)N1. The van der Waals surface area contributed by atoms with Gasteiger partial charge < -0.3 is 10.4 Å². The van der Waals surface area contributed by atoms with Crippen LogP contribution in [0.2, 0.25) is 0 Å². The van der Waals surface area contributed by atoms with Crippen LogP contribution in [0.1, 0.15) is 5.56 Å². The highest BCUT2D eigenvalue weighted by Gasteiger charge is 2.22. The molecule has 1 aliphatic heterocycles. The van der Waals surface area contributed by atoms with E-state index in [1.54, 1.807) is 18.2 Å². The fraction of sp³-hybridized carbons (Fsp3) is 0. The minimum atomic E-state index is -0.554. The maximum Gasteiger partial charge on any atom is 0.326 e. The van der Waals surface area contributed by atoms with E-state index in [2.05, 4.69) is 10.6 Å². The molecule has 0 aromatic heterocycles. The third-order valence-electron chi connectivity index (χ3n) is 1.96. The van der Waals surface area contributed by atoms with Crippen molar-refractivity contribution in [1.29, 1.82) is 0 Å². The molecule has 3 amide bonds. The second-order valence-corrected chi connectivity index (χ2v) is 3.03. The average molecular weight is 204 g/mol. The lowest BCUT2D eigenvalue weighted by Gasteiger charge is -1.98. The fourth-order valence-electron chi connectivity index (χ4n) is 1.25. The van der Waals surface area contributed by atoms with E-state index in [1.807, 2.05) is 0 Å². The maximum atomic E-state index is 11.2. The van der Waals surface area contributed by atoms with E-state index >= 15 is 0 Å². The van der Waals surface area contributed by atoms with Gasteiger partial charge in [0, 0.05) is 5.56 Å². The van der Waals surface area contributed by atoms with Gasteiger partial charge in [-0.3, -0.25) is 10.1 Å². The number of imide groups is 1. The second kappa shape index (κ2) is 3.45. The number of hydrogen-bond acceptors (Lipinski definition) is 3. The summed E-state index contributed by atoms with van der Waals surface area (Å²) in [6, 6.07) is 5.98. The van der Waals surface area contributed by atoms with Crippen LogP contribution in [-0.2, 0) is 4.79 Å². The lowest BCUT2D eigenvalue weighted by Crippen LogP contribution is -2.22. The Labute approximate surface area is 85.4 Å². The average Bonchev–Trinajstić information content (AvgIpc) is 2.49. The molecule has 2 rings (SSSR count). The molecule has 15 heavy (non-hydrogen) atoms. The van der Waals surface area contributed by atoms with Crippen molar-refractivity contribution in [3.63, 3.8) is 0 Å². The van der Waals surface area contributed by atoms with E-state index in [1.165, 1.54) is 12.1 Å². The molecule has 5 nitrogen and oxygen atoms in total. The predicted octanol–water partition coefficient (Wildman–Crippen LogP) is 0.572. The number of amides is 3. The first-order chi connectivity index (χ1) is 7.16. The normalized spacial score (nSPS) is 17.7. The largest absolute Gasteiger partial charge is 0.507 e. The van der Waals surface area contributed by atoms with Gasteiger partial charge in [0.15, 0.2) is 0 Å². The van der Waals surface area contributed by atoms with Gasteiger partial charge in [0.1, 0.15) is 11.4 Å². The number of carbonyl (C=O) groups excluding carboxylic acids is 2. The van der Waals surface area contributed by atoms with Crippen LogP contribution in [0.5, 0.6) is 5.75 Å². The van der Waals surface area contributed by atoms with Crippen LogP contribution in [0.4, 0.5) is 4.79 Å². The molecule has 0 unspecified atom stereocenters. The molecule has 0 atom stereocenters. The summed E-state index contributed by atoms with van der Waals surface area (Å²) in [5, 5.41) is 13.8. The van der Waals surface area contributed by atoms with Crippen molar-refractivity contribution in [2.75, 3.05) is 0 Å². The fourth-order valence-corrected chi connectivity index (χ4v) is 1.25. The number of nitrogens with one attached hydrogen (secondary N) is 2. The summed E-state index contributed by atoms with van der Waals surface area (Å²) >= 11 is 0. The first-order valence-corrected chi connectivity index (χ1v) is 4.29. The highest BCUT2D eigenvalue weighted by atomic mass is 16.3. The zero-order chi connectivity index (χ0) is 10.8. The van der Waals surface area contributed by atoms with Crippen molar-refractivity contribution < 1.29 is 14.7 Å². The highest BCUT2D eigenvalue weighted by molar-refractivity contribution is 6.14. The van der Waals surface area contributed by atoms with Crippen molar-refractivity contribution in [3.8, 4) is 5.75 Å². The predicted molar refractivity (Wildman–Crippen MR) is 52.8 cm³/mol. The number of aromatic hydroxyl groups is 1. The van der Waals surface area contributed by atoms with Gasteiger partial charge in [-0.15, -0.1) is 0 Å². The lowest BCUT2D eigenvalue weighted by atomic mass is 10.1. The minimum absolute atomic E-state index is 0.0546. The molecule has 0 spiro atoms. The van der Waals surface area contributed by atoms with Crippen molar-refractivity contribution >= 4 is 18.0 Å². The molecule has 0 radical (unpaired) electrons. The molecule has 0 aliphatic carbocycles. The van der Waals surface area contributed by atoms with Gasteiger partial charge in [-0.2, -0.15) is 0 Å². The number of rotatable bonds is 1. The Balaban J connectivity index is 2.35. The number of carbonyl (C=O) groups is 2. The van der Waals surface area contributed by atoms with Gasteiger partial charge in [0.2, 0.25) is 0 Å². The molecule has 3 N–H and O–H groups in total. The quantitative estimate of drug-likeness (QED) is 0.462. The van der Waals surface area contributed by atoms with Crippen LogP contribution in [0.25, 0.3) is 6.08 Å². The minimum Gasteiger partial charge on any atom is -0.507 e. The first kappa shape index (κ1) is 9.26. The molecule has 1 aliphatic rings. The number of benzene rings is 1. The molecule has 5 heteroatoms. The molecule has 1 aromatic carbocycles. The summed E-state index contributed by atoms with van der Waals surface area (Å²) in [6.45, 7) is 0. The van der Waals surface area contributed by atoms with E-state index < -0.39 is 11.9 Å². The van der Waals surface area contributed by atoms with Gasteiger partial charge in [-0.05, 0) is 12.1 Å². The Morgan fingerprint density at radius 1 is 1.13 bits per heavy atom. The third kappa shape index (κ3) is 1.80. The highest BCUT2D eigenvalue weighted by Crippen LogP contribution is 2.18.